The maximum atomic E-state index is 11.3. The number of hydrogen-bond acceptors (Lipinski definition) is 3. The molecule has 2 N–H and O–H groups in total. The van der Waals surface area contributed by atoms with Crippen LogP contribution in [-0.2, 0) is 4.79 Å². The molecule has 1 rings (SSSR count). The molecule has 0 heterocycles. The number of carbonyl (C=O) groups excluding carboxylic acids is 1. The van der Waals surface area contributed by atoms with Crippen molar-refractivity contribution in [3.8, 4) is 5.75 Å². The Balaban J connectivity index is 2.02. The standard InChI is InChI=1S/C13H20N2O2/c1-14-9-10-15-13(16)8-5-11-17-12-6-3-2-4-7-12/h2-4,6-7,14H,5,8-11H2,1H3,(H,15,16). The van der Waals surface area contributed by atoms with Crippen LogP contribution in [0.15, 0.2) is 30.3 Å². The minimum absolute atomic E-state index is 0.0805. The van der Waals surface area contributed by atoms with Crippen molar-refractivity contribution in [3.05, 3.63) is 30.3 Å². The highest BCUT2D eigenvalue weighted by Gasteiger charge is 2.00. The van der Waals surface area contributed by atoms with Gasteiger partial charge < -0.3 is 15.4 Å². The molecule has 0 unspecified atom stereocenters. The first-order valence-electron chi connectivity index (χ1n) is 5.92. The average molecular weight is 236 g/mol. The van der Waals surface area contributed by atoms with E-state index < -0.39 is 0 Å². The number of carbonyl (C=O) groups is 1. The highest BCUT2D eigenvalue weighted by atomic mass is 16.5. The lowest BCUT2D eigenvalue weighted by Gasteiger charge is -2.06. The van der Waals surface area contributed by atoms with E-state index in [1.54, 1.807) is 0 Å². The number of amides is 1. The summed E-state index contributed by atoms with van der Waals surface area (Å²) in [5.74, 6) is 0.931. The van der Waals surface area contributed by atoms with Crippen molar-refractivity contribution in [2.75, 3.05) is 26.7 Å². The van der Waals surface area contributed by atoms with E-state index in [2.05, 4.69) is 10.6 Å². The molecule has 17 heavy (non-hydrogen) atoms. The van der Waals surface area contributed by atoms with Crippen LogP contribution >= 0.6 is 0 Å². The summed E-state index contributed by atoms with van der Waals surface area (Å²) in [6.07, 6.45) is 1.25. The maximum Gasteiger partial charge on any atom is 0.220 e. The van der Waals surface area contributed by atoms with Crippen molar-refractivity contribution in [1.29, 1.82) is 0 Å². The quantitative estimate of drug-likeness (QED) is 0.666. The zero-order valence-corrected chi connectivity index (χ0v) is 10.2. The Labute approximate surface area is 102 Å². The summed E-state index contributed by atoms with van der Waals surface area (Å²) in [4.78, 5) is 11.3. The Kier molecular flexibility index (Phi) is 6.82. The van der Waals surface area contributed by atoms with E-state index in [1.807, 2.05) is 37.4 Å². The molecule has 94 valence electrons. The van der Waals surface area contributed by atoms with Gasteiger partial charge in [-0.15, -0.1) is 0 Å². The topological polar surface area (TPSA) is 50.4 Å². The molecule has 1 aromatic rings. The van der Waals surface area contributed by atoms with Crippen molar-refractivity contribution in [2.24, 2.45) is 0 Å². The van der Waals surface area contributed by atoms with Gasteiger partial charge in [0, 0.05) is 19.5 Å². The molecule has 1 aromatic carbocycles. The van der Waals surface area contributed by atoms with Gasteiger partial charge in [0.05, 0.1) is 6.61 Å². The molecular formula is C13H20N2O2. The van der Waals surface area contributed by atoms with Crippen LogP contribution in [0.2, 0.25) is 0 Å². The highest BCUT2D eigenvalue weighted by Crippen LogP contribution is 2.08. The molecule has 0 saturated heterocycles. The normalized spacial score (nSPS) is 9.94. The molecule has 0 saturated carbocycles. The fraction of sp³-hybridized carbons (Fsp3) is 0.462. The largest absolute Gasteiger partial charge is 0.494 e. The monoisotopic (exact) mass is 236 g/mol. The van der Waals surface area contributed by atoms with Crippen molar-refractivity contribution in [1.82, 2.24) is 10.6 Å². The van der Waals surface area contributed by atoms with Crippen molar-refractivity contribution in [3.63, 3.8) is 0 Å². The molecule has 0 aliphatic rings. The van der Waals surface area contributed by atoms with Crippen LogP contribution in [0.25, 0.3) is 0 Å². The zero-order valence-electron chi connectivity index (χ0n) is 10.2. The Bertz CT molecular complexity index is 314. The van der Waals surface area contributed by atoms with Crippen LogP contribution in [0.4, 0.5) is 0 Å². The molecule has 4 nitrogen and oxygen atoms in total. The first-order valence-corrected chi connectivity index (χ1v) is 5.92. The minimum atomic E-state index is 0.0805. The van der Waals surface area contributed by atoms with Crippen LogP contribution in [0.1, 0.15) is 12.8 Å². The molecule has 0 bridgehead atoms. The van der Waals surface area contributed by atoms with Gasteiger partial charge in [0.1, 0.15) is 5.75 Å². The lowest BCUT2D eigenvalue weighted by Crippen LogP contribution is -2.30. The van der Waals surface area contributed by atoms with Gasteiger partial charge in [0.2, 0.25) is 5.91 Å². The Morgan fingerprint density at radius 1 is 1.24 bits per heavy atom. The van der Waals surface area contributed by atoms with Crippen LogP contribution < -0.4 is 15.4 Å². The Hall–Kier alpha value is -1.55. The molecular weight excluding hydrogens is 216 g/mol. The highest BCUT2D eigenvalue weighted by molar-refractivity contribution is 5.75. The van der Waals surface area contributed by atoms with Gasteiger partial charge >= 0.3 is 0 Å². The van der Waals surface area contributed by atoms with Crippen molar-refractivity contribution < 1.29 is 9.53 Å². The summed E-state index contributed by atoms with van der Waals surface area (Å²) >= 11 is 0. The van der Waals surface area contributed by atoms with Gasteiger partial charge in [-0.05, 0) is 25.6 Å². The van der Waals surface area contributed by atoms with E-state index in [4.69, 9.17) is 4.74 Å². The maximum absolute atomic E-state index is 11.3. The van der Waals surface area contributed by atoms with E-state index in [9.17, 15) is 4.79 Å². The van der Waals surface area contributed by atoms with E-state index in [0.717, 1.165) is 18.7 Å². The smallest absolute Gasteiger partial charge is 0.220 e. The lowest BCUT2D eigenvalue weighted by atomic mass is 10.3. The zero-order chi connectivity index (χ0) is 12.3. The third-order valence-electron chi connectivity index (χ3n) is 2.26. The molecule has 0 aliphatic heterocycles. The minimum Gasteiger partial charge on any atom is -0.494 e. The molecule has 0 spiro atoms. The van der Waals surface area contributed by atoms with Gasteiger partial charge in [-0.3, -0.25) is 4.79 Å². The van der Waals surface area contributed by atoms with E-state index in [1.165, 1.54) is 0 Å². The van der Waals surface area contributed by atoms with Crippen molar-refractivity contribution in [2.45, 2.75) is 12.8 Å². The summed E-state index contributed by atoms with van der Waals surface area (Å²) < 4.78 is 5.49. The summed E-state index contributed by atoms with van der Waals surface area (Å²) in [5.41, 5.74) is 0. The number of rotatable bonds is 8. The first kappa shape index (κ1) is 13.5. The number of benzene rings is 1. The van der Waals surface area contributed by atoms with Gasteiger partial charge in [0.15, 0.2) is 0 Å². The van der Waals surface area contributed by atoms with E-state index >= 15 is 0 Å². The fourth-order valence-electron chi connectivity index (χ4n) is 1.35. The molecule has 0 fully saturated rings. The Morgan fingerprint density at radius 2 is 2.00 bits per heavy atom. The van der Waals surface area contributed by atoms with Crippen LogP contribution in [0.3, 0.4) is 0 Å². The summed E-state index contributed by atoms with van der Waals surface area (Å²) in [7, 11) is 1.86. The second-order valence-electron chi connectivity index (χ2n) is 3.72. The summed E-state index contributed by atoms with van der Waals surface area (Å²) in [6.45, 7) is 2.05. The van der Waals surface area contributed by atoms with Crippen LogP contribution in [0, 0.1) is 0 Å². The van der Waals surface area contributed by atoms with Crippen molar-refractivity contribution >= 4 is 5.91 Å². The number of para-hydroxylation sites is 1. The second kappa shape index (κ2) is 8.58. The second-order valence-corrected chi connectivity index (χ2v) is 3.72. The SMILES string of the molecule is CNCCNC(=O)CCCOc1ccccc1. The van der Waals surface area contributed by atoms with Gasteiger partial charge in [-0.2, -0.15) is 0 Å². The summed E-state index contributed by atoms with van der Waals surface area (Å²) in [6, 6.07) is 9.63. The Morgan fingerprint density at radius 3 is 2.71 bits per heavy atom. The van der Waals surface area contributed by atoms with Crippen LogP contribution in [-0.4, -0.2) is 32.7 Å². The molecule has 0 aromatic heterocycles. The van der Waals surface area contributed by atoms with Gasteiger partial charge in [0.25, 0.3) is 0 Å². The third-order valence-corrected chi connectivity index (χ3v) is 2.26. The lowest BCUT2D eigenvalue weighted by molar-refractivity contribution is -0.121. The predicted molar refractivity (Wildman–Crippen MR) is 68.1 cm³/mol. The van der Waals surface area contributed by atoms with Gasteiger partial charge in [-0.25, -0.2) is 0 Å². The third kappa shape index (κ3) is 6.58. The predicted octanol–water partition coefficient (Wildman–Crippen LogP) is 1.18. The van der Waals surface area contributed by atoms with Gasteiger partial charge in [-0.1, -0.05) is 18.2 Å². The average Bonchev–Trinajstić information content (AvgIpc) is 2.36. The molecule has 4 heteroatoms. The van der Waals surface area contributed by atoms with E-state index in [0.29, 0.717) is 19.6 Å². The number of hydrogen-bond donors (Lipinski definition) is 2. The van der Waals surface area contributed by atoms with E-state index in [-0.39, 0.29) is 5.91 Å². The molecule has 0 atom stereocenters. The summed E-state index contributed by atoms with van der Waals surface area (Å²) in [5, 5.41) is 5.80. The first-order chi connectivity index (χ1) is 8.33. The number of ether oxygens (including phenoxy) is 1. The number of nitrogens with one attached hydrogen (secondary N) is 2. The fourth-order valence-corrected chi connectivity index (χ4v) is 1.35. The van der Waals surface area contributed by atoms with Crippen LogP contribution in [0.5, 0.6) is 5.75 Å². The molecule has 0 aliphatic carbocycles. The number of likely N-dealkylation sites (N-methyl/N-ethyl adjacent to an activating group) is 1. The molecule has 1 amide bonds. The molecule has 0 radical (unpaired) electrons.